The van der Waals surface area contributed by atoms with Gasteiger partial charge in [0, 0.05) is 23.2 Å². The number of hydrogen-bond acceptors (Lipinski definition) is 4. The van der Waals surface area contributed by atoms with E-state index in [2.05, 4.69) is 5.32 Å². The molecule has 1 aliphatic carbocycles. The third kappa shape index (κ3) is 6.95. The van der Waals surface area contributed by atoms with E-state index in [9.17, 15) is 22.4 Å². The van der Waals surface area contributed by atoms with E-state index in [1.807, 2.05) is 0 Å². The van der Waals surface area contributed by atoms with E-state index in [-0.39, 0.29) is 38.8 Å². The minimum absolute atomic E-state index is 0.000251. The van der Waals surface area contributed by atoms with Gasteiger partial charge in [0.1, 0.15) is 18.4 Å². The van der Waals surface area contributed by atoms with Crippen molar-refractivity contribution in [1.82, 2.24) is 10.2 Å². The van der Waals surface area contributed by atoms with Crippen molar-refractivity contribution in [1.29, 1.82) is 0 Å². The number of amides is 2. The molecule has 1 N–H and O–H groups in total. The van der Waals surface area contributed by atoms with Crippen LogP contribution in [0.25, 0.3) is 0 Å². The highest BCUT2D eigenvalue weighted by atomic mass is 35.5. The lowest BCUT2D eigenvalue weighted by Gasteiger charge is -2.32. The van der Waals surface area contributed by atoms with Gasteiger partial charge >= 0.3 is 0 Å². The first-order chi connectivity index (χ1) is 19.1. The predicted molar refractivity (Wildman–Crippen MR) is 154 cm³/mol. The molecule has 0 radical (unpaired) electrons. The van der Waals surface area contributed by atoms with E-state index in [0.717, 1.165) is 30.0 Å². The summed E-state index contributed by atoms with van der Waals surface area (Å²) in [5.74, 6) is -1.65. The van der Waals surface area contributed by atoms with Gasteiger partial charge in [-0.25, -0.2) is 12.8 Å². The summed E-state index contributed by atoms with van der Waals surface area (Å²) < 4.78 is 43.2. The zero-order valence-corrected chi connectivity index (χ0v) is 24.2. The maximum absolute atomic E-state index is 14.7. The van der Waals surface area contributed by atoms with Gasteiger partial charge in [-0.1, -0.05) is 72.4 Å². The third-order valence-corrected chi connectivity index (χ3v) is 9.28. The minimum atomic E-state index is -4.30. The van der Waals surface area contributed by atoms with Crippen LogP contribution in [0.5, 0.6) is 0 Å². The number of sulfonamides is 1. The van der Waals surface area contributed by atoms with Crippen LogP contribution in [-0.2, 0) is 26.2 Å². The van der Waals surface area contributed by atoms with Crippen LogP contribution in [0, 0.1) is 5.82 Å². The fraction of sp³-hybridized carbons (Fsp3) is 0.310. The number of anilines is 1. The van der Waals surface area contributed by atoms with E-state index in [4.69, 9.17) is 23.2 Å². The summed E-state index contributed by atoms with van der Waals surface area (Å²) in [5, 5.41) is 3.25. The summed E-state index contributed by atoms with van der Waals surface area (Å²) in [4.78, 5) is 28.3. The molecule has 0 spiro atoms. The molecule has 3 aromatic carbocycles. The first kappa shape index (κ1) is 29.8. The highest BCUT2D eigenvalue weighted by molar-refractivity contribution is 7.92. The molecule has 4 rings (SSSR count). The number of nitrogens with zero attached hydrogens (tertiary/aromatic N) is 2. The van der Waals surface area contributed by atoms with Crippen LogP contribution in [0.1, 0.15) is 38.2 Å². The van der Waals surface area contributed by atoms with Crippen molar-refractivity contribution < 1.29 is 22.4 Å². The molecule has 7 nitrogen and oxygen atoms in total. The summed E-state index contributed by atoms with van der Waals surface area (Å²) in [5.41, 5.74) is 0.190. The Morgan fingerprint density at radius 3 is 2.33 bits per heavy atom. The van der Waals surface area contributed by atoms with Gasteiger partial charge in [-0.2, -0.15) is 0 Å². The number of carbonyl (C=O) groups excluding carboxylic acids is 2. The lowest BCUT2D eigenvalue weighted by atomic mass is 10.1. The highest BCUT2D eigenvalue weighted by Crippen LogP contribution is 2.33. The van der Waals surface area contributed by atoms with Gasteiger partial charge < -0.3 is 10.2 Å². The molecule has 0 aliphatic heterocycles. The van der Waals surface area contributed by atoms with Crippen molar-refractivity contribution in [3.63, 3.8) is 0 Å². The van der Waals surface area contributed by atoms with Gasteiger partial charge in [0.05, 0.1) is 15.6 Å². The quantitative estimate of drug-likeness (QED) is 0.316. The first-order valence-electron chi connectivity index (χ1n) is 12.9. The normalized spacial score (nSPS) is 14.5. The molecule has 0 saturated heterocycles. The molecule has 2 amide bonds. The zero-order chi connectivity index (χ0) is 28.9. The molecule has 0 aromatic heterocycles. The molecule has 0 unspecified atom stereocenters. The molecule has 11 heteroatoms. The average molecular weight is 607 g/mol. The Hall–Kier alpha value is -3.14. The first-order valence-corrected chi connectivity index (χ1v) is 15.1. The molecular weight excluding hydrogens is 576 g/mol. The second-order valence-corrected chi connectivity index (χ2v) is 12.4. The number of hydrogen-bond donors (Lipinski definition) is 1. The zero-order valence-electron chi connectivity index (χ0n) is 21.9. The van der Waals surface area contributed by atoms with E-state index in [1.165, 1.54) is 53.4 Å². The standard InChI is InChI=1S/C29H30Cl2FN3O4S/c1-20(29(37)33-23-10-6-7-11-23)34(18-21-9-5-8-14-26(21)32)28(36)19-35(27-17-22(30)15-16-25(27)31)40(38,39)24-12-3-2-4-13-24/h2-5,8-9,12-17,20,23H,6-7,10-11,18-19H2,1H3,(H,33,37)/t20-/m1/s1. The minimum Gasteiger partial charge on any atom is -0.352 e. The lowest BCUT2D eigenvalue weighted by Crippen LogP contribution is -2.52. The Balaban J connectivity index is 1.72. The molecule has 40 heavy (non-hydrogen) atoms. The van der Waals surface area contributed by atoms with Crippen molar-refractivity contribution in [2.45, 2.75) is 56.1 Å². The van der Waals surface area contributed by atoms with Gasteiger partial charge in [0.25, 0.3) is 10.0 Å². The molecule has 1 saturated carbocycles. The largest absolute Gasteiger partial charge is 0.352 e. The number of rotatable bonds is 10. The molecule has 1 aliphatic rings. The molecular formula is C29H30Cl2FN3O4S. The fourth-order valence-electron chi connectivity index (χ4n) is 4.69. The van der Waals surface area contributed by atoms with E-state index in [0.29, 0.717) is 0 Å². The SMILES string of the molecule is C[C@H](C(=O)NC1CCCC1)N(Cc1ccccc1F)C(=O)CN(c1cc(Cl)ccc1Cl)S(=O)(=O)c1ccccc1. The molecule has 3 aromatic rings. The maximum atomic E-state index is 14.7. The number of benzene rings is 3. The second kappa shape index (κ2) is 13.0. The lowest BCUT2D eigenvalue weighted by molar-refractivity contribution is -0.139. The maximum Gasteiger partial charge on any atom is 0.264 e. The Kier molecular flexibility index (Phi) is 9.71. The fourth-order valence-corrected chi connectivity index (χ4v) is 6.58. The Morgan fingerprint density at radius 2 is 1.65 bits per heavy atom. The van der Waals surface area contributed by atoms with E-state index >= 15 is 0 Å². The van der Waals surface area contributed by atoms with Crippen molar-refractivity contribution >= 4 is 50.7 Å². The summed E-state index contributed by atoms with van der Waals surface area (Å²) in [7, 11) is -4.30. The van der Waals surface area contributed by atoms with Crippen molar-refractivity contribution in [2.75, 3.05) is 10.8 Å². The van der Waals surface area contributed by atoms with Crippen LogP contribution in [0.2, 0.25) is 10.0 Å². The topological polar surface area (TPSA) is 86.8 Å². The molecule has 0 heterocycles. The summed E-state index contributed by atoms with van der Waals surface area (Å²) in [6.45, 7) is 0.603. The number of nitrogens with one attached hydrogen (secondary N) is 1. The monoisotopic (exact) mass is 605 g/mol. The van der Waals surface area contributed by atoms with Crippen molar-refractivity contribution in [2.24, 2.45) is 0 Å². The molecule has 1 atom stereocenters. The van der Waals surface area contributed by atoms with Crippen LogP contribution in [-0.4, -0.2) is 43.8 Å². The Bertz CT molecular complexity index is 1470. The number of carbonyl (C=O) groups is 2. The van der Waals surface area contributed by atoms with Gasteiger partial charge in [-0.3, -0.25) is 13.9 Å². The average Bonchev–Trinajstić information content (AvgIpc) is 3.45. The van der Waals surface area contributed by atoms with Crippen molar-refractivity contribution in [3.05, 3.63) is 94.2 Å². The highest BCUT2D eigenvalue weighted by Gasteiger charge is 2.34. The van der Waals surface area contributed by atoms with Crippen LogP contribution in [0.15, 0.2) is 77.7 Å². The van der Waals surface area contributed by atoms with E-state index in [1.54, 1.807) is 31.2 Å². The van der Waals surface area contributed by atoms with Gasteiger partial charge in [0.15, 0.2) is 0 Å². The summed E-state index contributed by atoms with van der Waals surface area (Å²) in [6, 6.07) is 16.8. The molecule has 1 fully saturated rings. The van der Waals surface area contributed by atoms with Crippen molar-refractivity contribution in [3.8, 4) is 0 Å². The van der Waals surface area contributed by atoms with Crippen LogP contribution < -0.4 is 9.62 Å². The Labute approximate surface area is 243 Å². The molecule has 212 valence electrons. The molecule has 0 bridgehead atoms. The third-order valence-electron chi connectivity index (χ3n) is 6.95. The smallest absolute Gasteiger partial charge is 0.264 e. The van der Waals surface area contributed by atoms with Crippen LogP contribution >= 0.6 is 23.2 Å². The van der Waals surface area contributed by atoms with Gasteiger partial charge in [-0.05, 0) is 56.2 Å². The van der Waals surface area contributed by atoms with E-state index < -0.39 is 40.2 Å². The van der Waals surface area contributed by atoms with Gasteiger partial charge in [0.2, 0.25) is 11.8 Å². The van der Waals surface area contributed by atoms with Gasteiger partial charge in [-0.15, -0.1) is 0 Å². The summed E-state index contributed by atoms with van der Waals surface area (Å²) in [6.07, 6.45) is 3.69. The number of halogens is 3. The second-order valence-electron chi connectivity index (χ2n) is 9.70. The van der Waals surface area contributed by atoms with Crippen LogP contribution in [0.3, 0.4) is 0 Å². The Morgan fingerprint density at radius 1 is 1.00 bits per heavy atom. The van der Waals surface area contributed by atoms with Crippen LogP contribution in [0.4, 0.5) is 10.1 Å². The summed E-state index contributed by atoms with van der Waals surface area (Å²) >= 11 is 12.6. The predicted octanol–water partition coefficient (Wildman–Crippen LogP) is 5.80.